The van der Waals surface area contributed by atoms with E-state index in [1.54, 1.807) is 0 Å². The number of nitrogens with one attached hydrogen (secondary N) is 2. The van der Waals surface area contributed by atoms with Gasteiger partial charge >= 0.3 is 21.2 Å². The average Bonchev–Trinajstić information content (AvgIpc) is 2.57. The maximum atomic E-state index is 11.0. The van der Waals surface area contributed by atoms with Crippen LogP contribution in [0.25, 0.3) is 0 Å². The van der Waals surface area contributed by atoms with Crippen molar-refractivity contribution >= 4 is 33.1 Å². The van der Waals surface area contributed by atoms with E-state index in [2.05, 4.69) is 27.9 Å². The fourth-order valence-electron chi connectivity index (χ4n) is 0.774. The third-order valence-corrected chi connectivity index (χ3v) is 2.15. The molecule has 1 rings (SSSR count). The summed E-state index contributed by atoms with van der Waals surface area (Å²) in [6.45, 7) is 4.36. The second kappa shape index (κ2) is 8.71. The number of amidine groups is 1. The fourth-order valence-corrected chi connectivity index (χ4v) is 1.09. The minimum absolute atomic E-state index is 0.338. The molecule has 0 aliphatic carbocycles. The zero-order valence-corrected chi connectivity index (χ0v) is 11.4. The largest absolute Gasteiger partial charge is 0.998 e. The van der Waals surface area contributed by atoms with Crippen LogP contribution in [0.4, 0.5) is 4.79 Å². The van der Waals surface area contributed by atoms with Gasteiger partial charge < -0.3 is 23.2 Å². The molecule has 0 spiro atoms. The smallest absolute Gasteiger partial charge is 0.572 e. The Balaban J connectivity index is 0.000000631. The van der Waals surface area contributed by atoms with Crippen LogP contribution in [0.2, 0.25) is 0 Å². The van der Waals surface area contributed by atoms with Crippen molar-refractivity contribution in [1.29, 1.82) is 0 Å². The summed E-state index contributed by atoms with van der Waals surface area (Å²) in [4.78, 5) is 24.8. The van der Waals surface area contributed by atoms with Gasteiger partial charge in [-0.2, -0.15) is 0 Å². The van der Waals surface area contributed by atoms with Gasteiger partial charge in [0.2, 0.25) is 6.17 Å². The Hall–Kier alpha value is -1.34. The van der Waals surface area contributed by atoms with E-state index in [4.69, 9.17) is 14.1 Å². The fraction of sp³-hybridized carbons (Fsp3) is 0.625. The van der Waals surface area contributed by atoms with Crippen LogP contribution in [0.15, 0.2) is 4.99 Å². The molecular formula is C8H17AlN4O5. The van der Waals surface area contributed by atoms with E-state index >= 15 is 0 Å². The second-order valence-corrected chi connectivity index (χ2v) is 4.17. The quantitative estimate of drug-likeness (QED) is 0.388. The first-order valence-corrected chi connectivity index (χ1v) is 6.88. The molecule has 1 atom stereocenters. The van der Waals surface area contributed by atoms with Crippen molar-refractivity contribution < 1.29 is 21.7 Å². The summed E-state index contributed by atoms with van der Waals surface area (Å²) in [5.74, 6) is -0.659. The molecule has 10 heteroatoms. The SMILES string of the molecule is CCCC.NC(=O)NC1N=C([O][Al]([OH])[OH])NC1=O. The first-order valence-electron chi connectivity index (χ1n) is 5.38. The van der Waals surface area contributed by atoms with Crippen LogP contribution in [0.3, 0.4) is 0 Å². The molecule has 1 aliphatic heterocycles. The van der Waals surface area contributed by atoms with Crippen molar-refractivity contribution in [2.75, 3.05) is 0 Å². The summed E-state index contributed by atoms with van der Waals surface area (Å²) in [5.41, 5.74) is 4.75. The van der Waals surface area contributed by atoms with Gasteiger partial charge in [-0.1, -0.05) is 26.7 Å². The Bertz CT molecular complexity index is 321. The lowest BCUT2D eigenvalue weighted by Crippen LogP contribution is -2.43. The normalized spacial score (nSPS) is 17.0. The topological polar surface area (TPSA) is 146 Å². The van der Waals surface area contributed by atoms with E-state index in [9.17, 15) is 9.59 Å². The molecule has 9 nitrogen and oxygen atoms in total. The minimum Gasteiger partial charge on any atom is -0.572 e. The van der Waals surface area contributed by atoms with Crippen LogP contribution in [0, 0.1) is 0 Å². The Morgan fingerprint density at radius 3 is 2.50 bits per heavy atom. The van der Waals surface area contributed by atoms with Crippen LogP contribution >= 0.6 is 0 Å². The molecule has 3 amide bonds. The highest BCUT2D eigenvalue weighted by molar-refractivity contribution is 6.36. The van der Waals surface area contributed by atoms with Gasteiger partial charge in [-0.3, -0.25) is 10.1 Å². The van der Waals surface area contributed by atoms with Gasteiger partial charge in [-0.05, 0) is 0 Å². The monoisotopic (exact) mass is 276 g/mol. The number of hydrogen-bond acceptors (Lipinski definition) is 6. The Labute approximate surface area is 109 Å². The van der Waals surface area contributed by atoms with E-state index in [0.717, 1.165) is 0 Å². The Kier molecular flexibility index (Phi) is 8.06. The van der Waals surface area contributed by atoms with Crippen molar-refractivity contribution in [3.8, 4) is 0 Å². The first-order chi connectivity index (χ1) is 8.40. The van der Waals surface area contributed by atoms with Crippen molar-refractivity contribution in [3.05, 3.63) is 0 Å². The van der Waals surface area contributed by atoms with Crippen LogP contribution in [-0.4, -0.2) is 47.6 Å². The van der Waals surface area contributed by atoms with Gasteiger partial charge in [0.15, 0.2) is 0 Å². The van der Waals surface area contributed by atoms with E-state index in [0.29, 0.717) is 0 Å². The number of carbonyl (C=O) groups excluding carboxylic acids is 2. The molecule has 0 saturated carbocycles. The number of nitrogens with zero attached hydrogens (tertiary/aromatic N) is 1. The molecule has 0 bridgehead atoms. The molecule has 0 saturated heterocycles. The van der Waals surface area contributed by atoms with E-state index in [1.807, 2.05) is 5.32 Å². The van der Waals surface area contributed by atoms with Crippen molar-refractivity contribution in [3.63, 3.8) is 0 Å². The highest BCUT2D eigenvalue weighted by atomic mass is 27.2. The molecule has 6 N–H and O–H groups in total. The minimum atomic E-state index is -3.30. The van der Waals surface area contributed by atoms with Gasteiger partial charge in [0.1, 0.15) is 0 Å². The van der Waals surface area contributed by atoms with Crippen LogP contribution in [0.5, 0.6) is 0 Å². The van der Waals surface area contributed by atoms with E-state index in [1.165, 1.54) is 12.8 Å². The predicted octanol–water partition coefficient (Wildman–Crippen LogP) is -1.74. The Morgan fingerprint density at radius 1 is 1.56 bits per heavy atom. The molecular weight excluding hydrogens is 259 g/mol. The molecule has 1 unspecified atom stereocenters. The molecule has 0 aromatic rings. The summed E-state index contributed by atoms with van der Waals surface area (Å²) >= 11 is -3.30. The number of nitrogens with two attached hydrogens (primary N) is 1. The molecule has 1 heterocycles. The van der Waals surface area contributed by atoms with Crippen LogP contribution < -0.4 is 16.4 Å². The molecule has 0 radical (unpaired) electrons. The summed E-state index contributed by atoms with van der Waals surface area (Å²) in [6, 6.07) is -1.26. The van der Waals surface area contributed by atoms with Crippen molar-refractivity contribution in [1.82, 2.24) is 10.6 Å². The van der Waals surface area contributed by atoms with Crippen LogP contribution in [-0.2, 0) is 8.58 Å². The third kappa shape index (κ3) is 7.08. The predicted molar refractivity (Wildman–Crippen MR) is 63.9 cm³/mol. The molecule has 1 aliphatic rings. The number of carbonyl (C=O) groups is 2. The first kappa shape index (κ1) is 16.7. The number of urea groups is 1. The molecule has 0 fully saturated rings. The van der Waals surface area contributed by atoms with Crippen molar-refractivity contribution in [2.45, 2.75) is 32.9 Å². The average molecular weight is 276 g/mol. The zero-order valence-electron chi connectivity index (χ0n) is 10.2. The molecule has 102 valence electrons. The number of aliphatic imine (C=N–C) groups is 1. The van der Waals surface area contributed by atoms with Gasteiger partial charge in [0, 0.05) is 0 Å². The van der Waals surface area contributed by atoms with Crippen LogP contribution in [0.1, 0.15) is 26.7 Å². The van der Waals surface area contributed by atoms with Gasteiger partial charge in [-0.25, -0.2) is 9.79 Å². The van der Waals surface area contributed by atoms with Gasteiger partial charge in [0.25, 0.3) is 11.9 Å². The summed E-state index contributed by atoms with van der Waals surface area (Å²) in [6.07, 6.45) is 1.45. The highest BCUT2D eigenvalue weighted by Gasteiger charge is 2.33. The number of amides is 3. The summed E-state index contributed by atoms with van der Waals surface area (Å²) in [7, 11) is 0. The number of primary amides is 1. The zero-order chi connectivity index (χ0) is 14.1. The lowest BCUT2D eigenvalue weighted by molar-refractivity contribution is -0.120. The third-order valence-electron chi connectivity index (χ3n) is 1.72. The summed E-state index contributed by atoms with van der Waals surface area (Å²) in [5, 5.41) is 4.08. The highest BCUT2D eigenvalue weighted by Crippen LogP contribution is 1.97. The summed E-state index contributed by atoms with van der Waals surface area (Å²) < 4.78 is 21.4. The molecule has 18 heavy (non-hydrogen) atoms. The van der Waals surface area contributed by atoms with E-state index < -0.39 is 33.3 Å². The standard InChI is InChI=1S/C4H6N4O3.C4H10.Al.2H2O/c5-3(10)6-1-2(9)8-4(11)7-1;1-3-4-2;;;/h1H,(H3,5,6,10)(H2,7,8,9,11);3-4H2,1-2H3;;2*1H2/q;;+3;;/p-3. The number of rotatable bonds is 3. The molecule has 0 aromatic carbocycles. The van der Waals surface area contributed by atoms with E-state index in [-0.39, 0.29) is 6.02 Å². The number of unbranched alkanes of at least 4 members (excludes halogenated alkanes) is 1. The second-order valence-electron chi connectivity index (χ2n) is 3.28. The lowest BCUT2D eigenvalue weighted by atomic mass is 10.4. The van der Waals surface area contributed by atoms with Crippen molar-refractivity contribution in [2.24, 2.45) is 10.7 Å². The Morgan fingerprint density at radius 2 is 2.11 bits per heavy atom. The molecule has 0 aromatic heterocycles. The van der Waals surface area contributed by atoms with Gasteiger partial charge in [-0.15, -0.1) is 0 Å². The number of hydrogen-bond donors (Lipinski definition) is 5. The van der Waals surface area contributed by atoms with Gasteiger partial charge in [0.05, 0.1) is 0 Å². The lowest BCUT2D eigenvalue weighted by Gasteiger charge is -2.02. The maximum absolute atomic E-state index is 11.0. The maximum Gasteiger partial charge on any atom is 0.998 e.